The Kier molecular flexibility index (Phi) is 2.11. The Bertz CT molecular complexity index is 449. The molecular formula is C11H12N2OS. The van der Waals surface area contributed by atoms with E-state index in [0.29, 0.717) is 0 Å². The van der Waals surface area contributed by atoms with Crippen molar-refractivity contribution < 1.29 is 5.11 Å². The summed E-state index contributed by atoms with van der Waals surface area (Å²) in [5.74, 6) is 0. The highest BCUT2D eigenvalue weighted by Crippen LogP contribution is 2.30. The average Bonchev–Trinajstić information content (AvgIpc) is 2.82. The molecule has 0 radical (unpaired) electrons. The van der Waals surface area contributed by atoms with Crippen molar-refractivity contribution in [1.82, 2.24) is 4.98 Å². The van der Waals surface area contributed by atoms with E-state index in [-0.39, 0.29) is 6.10 Å². The number of aliphatic hydroxyl groups excluding tert-OH is 1. The lowest BCUT2D eigenvalue weighted by molar-refractivity contribution is 0.198. The lowest BCUT2D eigenvalue weighted by atomic mass is 10.3. The third kappa shape index (κ3) is 1.60. The number of para-hydroxylation sites is 1. The van der Waals surface area contributed by atoms with Crippen LogP contribution in [0.5, 0.6) is 0 Å². The molecule has 1 aromatic carbocycles. The second kappa shape index (κ2) is 3.47. The van der Waals surface area contributed by atoms with Gasteiger partial charge < -0.3 is 10.0 Å². The normalized spacial score (nSPS) is 21.4. The van der Waals surface area contributed by atoms with Crippen molar-refractivity contribution in [3.63, 3.8) is 0 Å². The van der Waals surface area contributed by atoms with Gasteiger partial charge in [0.2, 0.25) is 0 Å². The topological polar surface area (TPSA) is 36.4 Å². The van der Waals surface area contributed by atoms with Crippen molar-refractivity contribution in [2.45, 2.75) is 12.5 Å². The SMILES string of the molecule is O[C@H]1CCN(c2nc3ccccc3s2)C1. The fourth-order valence-corrected chi connectivity index (χ4v) is 2.91. The largest absolute Gasteiger partial charge is 0.391 e. The van der Waals surface area contributed by atoms with Crippen molar-refractivity contribution in [2.24, 2.45) is 0 Å². The van der Waals surface area contributed by atoms with Crippen LogP contribution in [0.1, 0.15) is 6.42 Å². The van der Waals surface area contributed by atoms with E-state index in [1.54, 1.807) is 11.3 Å². The molecule has 0 spiro atoms. The molecule has 0 amide bonds. The third-order valence-electron chi connectivity index (χ3n) is 2.72. The number of fused-ring (bicyclic) bond motifs is 1. The second-order valence-corrected chi connectivity index (χ2v) is 4.86. The molecule has 1 aliphatic rings. The summed E-state index contributed by atoms with van der Waals surface area (Å²) in [5.41, 5.74) is 1.05. The molecule has 15 heavy (non-hydrogen) atoms. The van der Waals surface area contributed by atoms with E-state index in [9.17, 15) is 5.11 Å². The first-order valence-corrected chi connectivity index (χ1v) is 5.93. The summed E-state index contributed by atoms with van der Waals surface area (Å²) in [7, 11) is 0. The molecule has 2 aromatic rings. The number of anilines is 1. The van der Waals surface area contributed by atoms with Gasteiger partial charge in [0.1, 0.15) is 0 Å². The first-order chi connectivity index (χ1) is 7.33. The number of aromatic nitrogens is 1. The molecule has 4 heteroatoms. The molecule has 1 aliphatic heterocycles. The maximum absolute atomic E-state index is 9.47. The van der Waals surface area contributed by atoms with Crippen LogP contribution in [0.4, 0.5) is 5.13 Å². The lowest BCUT2D eigenvalue weighted by Gasteiger charge is -2.12. The van der Waals surface area contributed by atoms with Gasteiger partial charge in [0, 0.05) is 13.1 Å². The summed E-state index contributed by atoms with van der Waals surface area (Å²) >= 11 is 1.70. The second-order valence-electron chi connectivity index (χ2n) is 3.85. The molecule has 1 atom stereocenters. The third-order valence-corrected chi connectivity index (χ3v) is 3.81. The lowest BCUT2D eigenvalue weighted by Crippen LogP contribution is -2.20. The molecule has 1 N–H and O–H groups in total. The van der Waals surface area contributed by atoms with E-state index < -0.39 is 0 Å². The fourth-order valence-electron chi connectivity index (χ4n) is 1.91. The van der Waals surface area contributed by atoms with E-state index >= 15 is 0 Å². The summed E-state index contributed by atoms with van der Waals surface area (Å²) in [4.78, 5) is 6.72. The molecule has 1 fully saturated rings. The van der Waals surface area contributed by atoms with Crippen LogP contribution < -0.4 is 4.90 Å². The molecule has 3 nitrogen and oxygen atoms in total. The van der Waals surface area contributed by atoms with Crippen molar-refractivity contribution in [1.29, 1.82) is 0 Å². The minimum Gasteiger partial charge on any atom is -0.391 e. The Hall–Kier alpha value is -1.13. The number of hydrogen-bond acceptors (Lipinski definition) is 4. The highest BCUT2D eigenvalue weighted by molar-refractivity contribution is 7.22. The molecular weight excluding hydrogens is 208 g/mol. The van der Waals surface area contributed by atoms with Crippen LogP contribution in [-0.4, -0.2) is 29.3 Å². The van der Waals surface area contributed by atoms with Gasteiger partial charge in [0.05, 0.1) is 16.3 Å². The van der Waals surface area contributed by atoms with E-state index in [1.165, 1.54) is 4.70 Å². The Labute approximate surface area is 92.0 Å². The van der Waals surface area contributed by atoms with Gasteiger partial charge in [0.25, 0.3) is 0 Å². The van der Waals surface area contributed by atoms with Crippen LogP contribution in [0, 0.1) is 0 Å². The molecule has 3 rings (SSSR count). The van der Waals surface area contributed by atoms with E-state index in [4.69, 9.17) is 0 Å². The number of hydrogen-bond donors (Lipinski definition) is 1. The summed E-state index contributed by atoms with van der Waals surface area (Å²) in [6.07, 6.45) is 0.674. The highest BCUT2D eigenvalue weighted by atomic mass is 32.1. The summed E-state index contributed by atoms with van der Waals surface area (Å²) < 4.78 is 1.22. The number of aliphatic hydroxyl groups is 1. The number of thiazole rings is 1. The van der Waals surface area contributed by atoms with Gasteiger partial charge >= 0.3 is 0 Å². The average molecular weight is 220 g/mol. The van der Waals surface area contributed by atoms with Crippen molar-refractivity contribution in [3.8, 4) is 0 Å². The van der Waals surface area contributed by atoms with E-state index in [0.717, 1.165) is 30.2 Å². The zero-order valence-corrected chi connectivity index (χ0v) is 9.07. The van der Waals surface area contributed by atoms with Gasteiger partial charge in [0.15, 0.2) is 5.13 Å². The van der Waals surface area contributed by atoms with Gasteiger partial charge in [-0.3, -0.25) is 0 Å². The molecule has 0 aliphatic carbocycles. The number of rotatable bonds is 1. The summed E-state index contributed by atoms with van der Waals surface area (Å²) in [5, 5.41) is 10.5. The Morgan fingerprint density at radius 2 is 2.27 bits per heavy atom. The number of nitrogens with zero attached hydrogens (tertiary/aromatic N) is 2. The Morgan fingerprint density at radius 3 is 3.00 bits per heavy atom. The smallest absolute Gasteiger partial charge is 0.186 e. The van der Waals surface area contributed by atoms with Crippen LogP contribution in [0.25, 0.3) is 10.2 Å². The predicted molar refractivity (Wildman–Crippen MR) is 62.5 cm³/mol. The van der Waals surface area contributed by atoms with Gasteiger partial charge in [-0.05, 0) is 18.6 Å². The zero-order valence-electron chi connectivity index (χ0n) is 8.26. The maximum Gasteiger partial charge on any atom is 0.186 e. The molecule has 1 saturated heterocycles. The summed E-state index contributed by atoms with van der Waals surface area (Å²) in [6.45, 7) is 1.64. The first-order valence-electron chi connectivity index (χ1n) is 5.11. The standard InChI is InChI=1S/C11H12N2OS/c14-8-5-6-13(7-8)11-12-9-3-1-2-4-10(9)15-11/h1-4,8,14H,5-7H2/t8-/m0/s1. The highest BCUT2D eigenvalue weighted by Gasteiger charge is 2.22. The number of benzene rings is 1. The van der Waals surface area contributed by atoms with Gasteiger partial charge in [-0.15, -0.1) is 0 Å². The minimum absolute atomic E-state index is 0.183. The van der Waals surface area contributed by atoms with Crippen molar-refractivity contribution in [3.05, 3.63) is 24.3 Å². The predicted octanol–water partition coefficient (Wildman–Crippen LogP) is 1.87. The molecule has 0 saturated carbocycles. The van der Waals surface area contributed by atoms with E-state index in [2.05, 4.69) is 16.0 Å². The van der Waals surface area contributed by atoms with E-state index in [1.807, 2.05) is 18.2 Å². The minimum atomic E-state index is -0.183. The van der Waals surface area contributed by atoms with Crippen LogP contribution in [0.2, 0.25) is 0 Å². The van der Waals surface area contributed by atoms with Crippen LogP contribution in [-0.2, 0) is 0 Å². The number of β-amino-alcohol motifs (C(OH)–C–C–N with tert-alkyl or cyclic N) is 1. The van der Waals surface area contributed by atoms with Crippen LogP contribution in [0.15, 0.2) is 24.3 Å². The van der Waals surface area contributed by atoms with Crippen molar-refractivity contribution >= 4 is 26.7 Å². The molecule has 0 bridgehead atoms. The first kappa shape index (κ1) is 9.12. The van der Waals surface area contributed by atoms with Crippen LogP contribution in [0.3, 0.4) is 0 Å². The Balaban J connectivity index is 1.98. The molecule has 2 heterocycles. The molecule has 0 unspecified atom stereocenters. The van der Waals surface area contributed by atoms with Gasteiger partial charge in [-0.25, -0.2) is 4.98 Å². The quantitative estimate of drug-likeness (QED) is 0.797. The van der Waals surface area contributed by atoms with Crippen molar-refractivity contribution in [2.75, 3.05) is 18.0 Å². The summed E-state index contributed by atoms with van der Waals surface area (Å²) in [6, 6.07) is 8.15. The monoisotopic (exact) mass is 220 g/mol. The van der Waals surface area contributed by atoms with Gasteiger partial charge in [-0.1, -0.05) is 23.5 Å². The van der Waals surface area contributed by atoms with Crippen LogP contribution >= 0.6 is 11.3 Å². The van der Waals surface area contributed by atoms with Gasteiger partial charge in [-0.2, -0.15) is 0 Å². The molecule has 1 aromatic heterocycles. The zero-order chi connectivity index (χ0) is 10.3. The maximum atomic E-state index is 9.47. The fraction of sp³-hybridized carbons (Fsp3) is 0.364. The Morgan fingerprint density at radius 1 is 1.40 bits per heavy atom. The molecule has 78 valence electrons.